The summed E-state index contributed by atoms with van der Waals surface area (Å²) in [7, 11) is 0. The molecule has 0 radical (unpaired) electrons. The summed E-state index contributed by atoms with van der Waals surface area (Å²) >= 11 is 0. The number of aliphatic hydroxyl groups excluding tert-OH is 1. The lowest BCUT2D eigenvalue weighted by Gasteiger charge is -2.30. The van der Waals surface area contributed by atoms with Gasteiger partial charge < -0.3 is 10.0 Å². The molecular formula is C10H21NO. The number of aliphatic hydroxyl groups is 1. The zero-order valence-electron chi connectivity index (χ0n) is 8.51. The van der Waals surface area contributed by atoms with E-state index in [2.05, 4.69) is 25.7 Å². The van der Waals surface area contributed by atoms with Crippen LogP contribution in [0, 0.1) is 5.41 Å². The van der Waals surface area contributed by atoms with Gasteiger partial charge in [0, 0.05) is 24.6 Å². The molecule has 0 spiro atoms. The average molecular weight is 171 g/mol. The molecule has 2 nitrogen and oxygen atoms in total. The predicted octanol–water partition coefficient (Wildman–Crippen LogP) is 1.49. The Hall–Kier alpha value is -0.0800. The van der Waals surface area contributed by atoms with Gasteiger partial charge in [-0.2, -0.15) is 0 Å². The van der Waals surface area contributed by atoms with Crippen LogP contribution < -0.4 is 0 Å². The summed E-state index contributed by atoms with van der Waals surface area (Å²) in [5.74, 6) is 0. The van der Waals surface area contributed by atoms with Gasteiger partial charge in [-0.15, -0.1) is 0 Å². The van der Waals surface area contributed by atoms with Crippen LogP contribution in [0.5, 0.6) is 0 Å². The van der Waals surface area contributed by atoms with Gasteiger partial charge in [-0.25, -0.2) is 0 Å². The minimum absolute atomic E-state index is 0.0681. The Bertz CT molecular complexity index is 141. The maximum Gasteiger partial charge on any atom is 0.0494 e. The average Bonchev–Trinajstić information content (AvgIpc) is 2.83. The first-order valence-electron chi connectivity index (χ1n) is 4.94. The van der Waals surface area contributed by atoms with E-state index >= 15 is 0 Å². The van der Waals surface area contributed by atoms with E-state index in [1.54, 1.807) is 0 Å². The van der Waals surface area contributed by atoms with Gasteiger partial charge in [0.2, 0.25) is 0 Å². The van der Waals surface area contributed by atoms with Crippen molar-refractivity contribution in [2.75, 3.05) is 19.7 Å². The van der Waals surface area contributed by atoms with Crippen LogP contribution >= 0.6 is 0 Å². The molecule has 0 amide bonds. The van der Waals surface area contributed by atoms with Gasteiger partial charge in [-0.3, -0.25) is 0 Å². The third-order valence-corrected chi connectivity index (χ3v) is 2.53. The minimum Gasteiger partial charge on any atom is -0.396 e. The van der Waals surface area contributed by atoms with E-state index in [1.165, 1.54) is 12.8 Å². The summed E-state index contributed by atoms with van der Waals surface area (Å²) in [6, 6.07) is 0.820. The Labute approximate surface area is 75.6 Å². The van der Waals surface area contributed by atoms with Crippen LogP contribution in [0.1, 0.15) is 33.6 Å². The van der Waals surface area contributed by atoms with Crippen LogP contribution in [0.4, 0.5) is 0 Å². The monoisotopic (exact) mass is 171 g/mol. The minimum atomic E-state index is 0.0681. The topological polar surface area (TPSA) is 23.5 Å². The molecule has 0 aliphatic heterocycles. The fourth-order valence-electron chi connectivity index (χ4n) is 1.54. The van der Waals surface area contributed by atoms with Gasteiger partial charge in [0.1, 0.15) is 0 Å². The maximum atomic E-state index is 9.11. The van der Waals surface area contributed by atoms with Crippen LogP contribution in [0.15, 0.2) is 0 Å². The molecule has 12 heavy (non-hydrogen) atoms. The van der Waals surface area contributed by atoms with E-state index in [0.29, 0.717) is 0 Å². The largest absolute Gasteiger partial charge is 0.396 e. The lowest BCUT2D eigenvalue weighted by Crippen LogP contribution is -2.37. The molecule has 0 saturated heterocycles. The van der Waals surface area contributed by atoms with E-state index in [4.69, 9.17) is 5.11 Å². The molecule has 0 heterocycles. The van der Waals surface area contributed by atoms with Crippen molar-refractivity contribution in [3.05, 3.63) is 0 Å². The van der Waals surface area contributed by atoms with Crippen molar-refractivity contribution in [2.24, 2.45) is 5.41 Å². The zero-order valence-corrected chi connectivity index (χ0v) is 8.51. The standard InChI is InChI=1S/C10H21NO/c1-4-11(9-5-6-9)7-10(2,3)8-12/h9,12H,4-8H2,1-3H3. The van der Waals surface area contributed by atoms with Crippen molar-refractivity contribution in [1.29, 1.82) is 0 Å². The van der Waals surface area contributed by atoms with Gasteiger partial charge in [0.15, 0.2) is 0 Å². The van der Waals surface area contributed by atoms with Crippen molar-refractivity contribution in [1.82, 2.24) is 4.90 Å². The van der Waals surface area contributed by atoms with Gasteiger partial charge in [0.05, 0.1) is 0 Å². The van der Waals surface area contributed by atoms with Gasteiger partial charge in [0.25, 0.3) is 0 Å². The van der Waals surface area contributed by atoms with Crippen LogP contribution in [0.2, 0.25) is 0 Å². The van der Waals surface area contributed by atoms with Crippen molar-refractivity contribution in [2.45, 2.75) is 39.7 Å². The number of hydrogen-bond acceptors (Lipinski definition) is 2. The maximum absolute atomic E-state index is 9.11. The van der Waals surface area contributed by atoms with Gasteiger partial charge in [-0.1, -0.05) is 20.8 Å². The first-order valence-corrected chi connectivity index (χ1v) is 4.94. The molecule has 0 bridgehead atoms. The van der Waals surface area contributed by atoms with E-state index in [0.717, 1.165) is 19.1 Å². The van der Waals surface area contributed by atoms with Crippen LogP contribution in [-0.2, 0) is 0 Å². The summed E-state index contributed by atoms with van der Waals surface area (Å²) < 4.78 is 0. The second-order valence-electron chi connectivity index (χ2n) is 4.62. The molecule has 1 aliphatic carbocycles. The molecule has 2 heteroatoms. The highest BCUT2D eigenvalue weighted by atomic mass is 16.3. The molecule has 0 aromatic rings. The molecule has 1 fully saturated rings. The first-order chi connectivity index (χ1) is 5.59. The Morgan fingerprint density at radius 3 is 2.33 bits per heavy atom. The van der Waals surface area contributed by atoms with E-state index in [9.17, 15) is 0 Å². The van der Waals surface area contributed by atoms with Crippen molar-refractivity contribution in [3.63, 3.8) is 0 Å². The Kier molecular flexibility index (Phi) is 3.13. The second-order valence-corrected chi connectivity index (χ2v) is 4.62. The van der Waals surface area contributed by atoms with Crippen molar-refractivity contribution < 1.29 is 5.11 Å². The van der Waals surface area contributed by atoms with E-state index in [-0.39, 0.29) is 12.0 Å². The summed E-state index contributed by atoms with van der Waals surface area (Å²) in [5.41, 5.74) is 0.0681. The zero-order chi connectivity index (χ0) is 9.19. The third kappa shape index (κ3) is 2.76. The fourth-order valence-corrected chi connectivity index (χ4v) is 1.54. The number of rotatable bonds is 5. The first kappa shape index (κ1) is 10.0. The normalized spacial score (nSPS) is 18.8. The Morgan fingerprint density at radius 2 is 2.00 bits per heavy atom. The summed E-state index contributed by atoms with van der Waals surface area (Å²) in [6.07, 6.45) is 2.71. The second kappa shape index (κ2) is 3.75. The summed E-state index contributed by atoms with van der Waals surface area (Å²) in [5, 5.41) is 9.11. The Morgan fingerprint density at radius 1 is 1.42 bits per heavy atom. The highest BCUT2D eigenvalue weighted by Gasteiger charge is 2.31. The quantitative estimate of drug-likeness (QED) is 0.677. The van der Waals surface area contributed by atoms with E-state index < -0.39 is 0 Å². The van der Waals surface area contributed by atoms with Crippen molar-refractivity contribution in [3.8, 4) is 0 Å². The van der Waals surface area contributed by atoms with Crippen LogP contribution in [0.25, 0.3) is 0 Å². The van der Waals surface area contributed by atoms with Crippen LogP contribution in [-0.4, -0.2) is 35.7 Å². The lowest BCUT2D eigenvalue weighted by atomic mass is 9.94. The molecule has 1 rings (SSSR count). The number of nitrogens with zero attached hydrogens (tertiary/aromatic N) is 1. The molecule has 1 aliphatic rings. The highest BCUT2D eigenvalue weighted by Crippen LogP contribution is 2.29. The molecule has 0 atom stereocenters. The molecule has 1 N–H and O–H groups in total. The lowest BCUT2D eigenvalue weighted by molar-refractivity contribution is 0.102. The predicted molar refractivity (Wildman–Crippen MR) is 51.1 cm³/mol. The van der Waals surface area contributed by atoms with Gasteiger partial charge in [-0.05, 0) is 19.4 Å². The molecule has 0 aromatic heterocycles. The summed E-state index contributed by atoms with van der Waals surface area (Å²) in [4.78, 5) is 2.48. The third-order valence-electron chi connectivity index (χ3n) is 2.53. The molecule has 1 saturated carbocycles. The number of hydrogen-bond donors (Lipinski definition) is 1. The van der Waals surface area contributed by atoms with E-state index in [1.807, 2.05) is 0 Å². The molecule has 72 valence electrons. The molecular weight excluding hydrogens is 150 g/mol. The molecule has 0 aromatic carbocycles. The highest BCUT2D eigenvalue weighted by molar-refractivity contribution is 4.86. The van der Waals surface area contributed by atoms with Crippen LogP contribution in [0.3, 0.4) is 0 Å². The molecule has 0 unspecified atom stereocenters. The smallest absolute Gasteiger partial charge is 0.0494 e. The SMILES string of the molecule is CCN(CC(C)(C)CO)C1CC1. The fraction of sp³-hybridized carbons (Fsp3) is 1.00. The Balaban J connectivity index is 2.35. The van der Waals surface area contributed by atoms with Crippen molar-refractivity contribution >= 4 is 0 Å². The summed E-state index contributed by atoms with van der Waals surface area (Å²) in [6.45, 7) is 8.89. The van der Waals surface area contributed by atoms with Gasteiger partial charge >= 0.3 is 0 Å².